The van der Waals surface area contributed by atoms with Crippen LogP contribution in [0.5, 0.6) is 0 Å². The second kappa shape index (κ2) is 7.51. The first-order valence-electron chi connectivity index (χ1n) is 8.47. The van der Waals surface area contributed by atoms with Gasteiger partial charge in [-0.25, -0.2) is 14.6 Å². The zero-order valence-electron chi connectivity index (χ0n) is 14.6. The first-order valence-corrected chi connectivity index (χ1v) is 8.47. The Labute approximate surface area is 160 Å². The Hall–Kier alpha value is -4.31. The Bertz CT molecular complexity index is 1160. The van der Waals surface area contributed by atoms with Gasteiger partial charge in [0.2, 0.25) is 0 Å². The molecule has 0 fully saturated rings. The van der Waals surface area contributed by atoms with E-state index in [-0.39, 0.29) is 5.91 Å². The van der Waals surface area contributed by atoms with E-state index in [1.807, 2.05) is 24.3 Å². The van der Waals surface area contributed by atoms with E-state index in [1.165, 1.54) is 11.0 Å². The average molecular weight is 366 g/mol. The molecule has 1 N–H and O–H groups in total. The zero-order valence-corrected chi connectivity index (χ0v) is 14.6. The molecule has 0 saturated carbocycles. The van der Waals surface area contributed by atoms with Crippen molar-refractivity contribution in [2.75, 3.05) is 5.32 Å². The fraction of sp³-hybridized carbons (Fsp3) is 0. The van der Waals surface area contributed by atoms with Gasteiger partial charge in [-0.2, -0.15) is 10.4 Å². The highest BCUT2D eigenvalue weighted by Crippen LogP contribution is 2.27. The van der Waals surface area contributed by atoms with Gasteiger partial charge in [-0.1, -0.05) is 36.4 Å². The van der Waals surface area contributed by atoms with Crippen molar-refractivity contribution >= 4 is 11.6 Å². The van der Waals surface area contributed by atoms with Crippen molar-refractivity contribution < 1.29 is 4.79 Å². The second-order valence-electron chi connectivity index (χ2n) is 5.90. The van der Waals surface area contributed by atoms with Crippen LogP contribution in [-0.4, -0.2) is 25.7 Å². The van der Waals surface area contributed by atoms with E-state index in [2.05, 4.69) is 26.5 Å². The largest absolute Gasteiger partial charge is 0.321 e. The molecule has 0 spiro atoms. The lowest BCUT2D eigenvalue weighted by atomic mass is 9.95. The lowest BCUT2D eigenvalue weighted by molar-refractivity contribution is 0.102. The van der Waals surface area contributed by atoms with Crippen LogP contribution in [0.15, 0.2) is 79.5 Å². The monoisotopic (exact) mass is 366 g/mol. The summed E-state index contributed by atoms with van der Waals surface area (Å²) in [5.41, 5.74) is 2.96. The third kappa shape index (κ3) is 3.34. The molecule has 2 heterocycles. The van der Waals surface area contributed by atoms with Gasteiger partial charge in [0.05, 0.1) is 23.5 Å². The van der Waals surface area contributed by atoms with Crippen LogP contribution in [0.3, 0.4) is 0 Å². The average Bonchev–Trinajstić information content (AvgIpc) is 3.29. The fourth-order valence-electron chi connectivity index (χ4n) is 2.85. The number of rotatable bonds is 4. The van der Waals surface area contributed by atoms with Gasteiger partial charge in [0.15, 0.2) is 5.82 Å². The fourth-order valence-corrected chi connectivity index (χ4v) is 2.85. The molecule has 2 aromatic carbocycles. The van der Waals surface area contributed by atoms with E-state index in [9.17, 15) is 10.1 Å². The zero-order chi connectivity index (χ0) is 19.3. The molecule has 0 aliphatic rings. The smallest absolute Gasteiger partial charge is 0.256 e. The summed E-state index contributed by atoms with van der Waals surface area (Å²) >= 11 is 0. The van der Waals surface area contributed by atoms with Crippen LogP contribution >= 0.6 is 0 Å². The van der Waals surface area contributed by atoms with Gasteiger partial charge in [-0.05, 0) is 29.8 Å². The minimum Gasteiger partial charge on any atom is -0.321 e. The van der Waals surface area contributed by atoms with Crippen molar-refractivity contribution in [1.82, 2.24) is 19.7 Å². The van der Waals surface area contributed by atoms with Crippen molar-refractivity contribution in [1.29, 1.82) is 5.26 Å². The summed E-state index contributed by atoms with van der Waals surface area (Å²) in [5.74, 6) is 0.317. The molecule has 0 unspecified atom stereocenters. The molecule has 0 atom stereocenters. The van der Waals surface area contributed by atoms with Crippen molar-refractivity contribution in [2.24, 2.45) is 0 Å². The number of carbonyl (C=O) groups excluding carboxylic acids is 1. The topological polar surface area (TPSA) is 96.5 Å². The minimum atomic E-state index is -0.279. The predicted octanol–water partition coefficient (Wildman–Crippen LogP) is 3.45. The molecule has 28 heavy (non-hydrogen) atoms. The molecule has 0 aliphatic carbocycles. The van der Waals surface area contributed by atoms with Gasteiger partial charge >= 0.3 is 0 Å². The number of hydrogen-bond donors (Lipinski definition) is 1. The highest BCUT2D eigenvalue weighted by molar-refractivity contribution is 6.09. The molecular formula is C21H14N6O. The molecule has 4 aromatic rings. The number of aromatic nitrogens is 4. The van der Waals surface area contributed by atoms with E-state index in [4.69, 9.17) is 0 Å². The normalized spacial score (nSPS) is 10.2. The molecule has 0 radical (unpaired) electrons. The molecule has 134 valence electrons. The van der Waals surface area contributed by atoms with Crippen LogP contribution < -0.4 is 5.32 Å². The molecule has 7 nitrogen and oxygen atoms in total. The number of nitriles is 1. The summed E-state index contributed by atoms with van der Waals surface area (Å²) in [6.45, 7) is 0. The number of pyridine rings is 1. The Morgan fingerprint density at radius 1 is 1.00 bits per heavy atom. The lowest BCUT2D eigenvalue weighted by Gasteiger charge is -2.11. The van der Waals surface area contributed by atoms with Gasteiger partial charge in [-0.15, -0.1) is 0 Å². The van der Waals surface area contributed by atoms with E-state index in [0.717, 1.165) is 5.56 Å². The number of carbonyl (C=O) groups is 1. The van der Waals surface area contributed by atoms with Crippen molar-refractivity contribution in [3.8, 4) is 23.0 Å². The molecular weight excluding hydrogens is 352 g/mol. The summed E-state index contributed by atoms with van der Waals surface area (Å²) in [6.07, 6.45) is 4.53. The van der Waals surface area contributed by atoms with Crippen LogP contribution in [-0.2, 0) is 0 Å². The Balaban J connectivity index is 1.62. The highest BCUT2D eigenvalue weighted by Gasteiger charge is 2.15. The molecule has 7 heteroatoms. The third-order valence-electron chi connectivity index (χ3n) is 4.17. The van der Waals surface area contributed by atoms with Gasteiger partial charge in [0.1, 0.15) is 12.7 Å². The van der Waals surface area contributed by atoms with Gasteiger partial charge in [-0.3, -0.25) is 4.79 Å². The van der Waals surface area contributed by atoms with E-state index >= 15 is 0 Å². The van der Waals surface area contributed by atoms with Crippen molar-refractivity contribution in [3.63, 3.8) is 0 Å². The van der Waals surface area contributed by atoms with Crippen molar-refractivity contribution in [2.45, 2.75) is 0 Å². The van der Waals surface area contributed by atoms with Crippen molar-refractivity contribution in [3.05, 3.63) is 90.6 Å². The van der Waals surface area contributed by atoms with Crippen LogP contribution in [0.25, 0.3) is 16.9 Å². The SMILES string of the molecule is N#Cc1ccccc1-c1ccccc1C(=O)Nc1ccc(-n2cncn2)nc1. The van der Waals surface area contributed by atoms with Crippen LogP contribution in [0.2, 0.25) is 0 Å². The summed E-state index contributed by atoms with van der Waals surface area (Å²) < 4.78 is 1.53. The van der Waals surface area contributed by atoms with Crippen LogP contribution in [0.4, 0.5) is 5.69 Å². The summed E-state index contributed by atoms with van der Waals surface area (Å²) in [4.78, 5) is 21.0. The van der Waals surface area contributed by atoms with E-state index < -0.39 is 0 Å². The Morgan fingerprint density at radius 3 is 2.50 bits per heavy atom. The maximum atomic E-state index is 12.9. The van der Waals surface area contributed by atoms with Gasteiger partial charge in [0.25, 0.3) is 5.91 Å². The lowest BCUT2D eigenvalue weighted by Crippen LogP contribution is -2.13. The molecule has 0 aliphatic heterocycles. The molecule has 0 saturated heterocycles. The Morgan fingerprint density at radius 2 is 1.79 bits per heavy atom. The third-order valence-corrected chi connectivity index (χ3v) is 4.17. The summed E-state index contributed by atoms with van der Waals surface area (Å²) in [5, 5.41) is 16.2. The molecule has 1 amide bonds. The first kappa shape index (κ1) is 17.1. The number of hydrogen-bond acceptors (Lipinski definition) is 5. The number of benzene rings is 2. The second-order valence-corrected chi connectivity index (χ2v) is 5.90. The predicted molar refractivity (Wildman–Crippen MR) is 104 cm³/mol. The summed E-state index contributed by atoms with van der Waals surface area (Å²) in [7, 11) is 0. The number of anilines is 1. The molecule has 4 rings (SSSR count). The van der Waals surface area contributed by atoms with E-state index in [0.29, 0.717) is 28.2 Å². The highest BCUT2D eigenvalue weighted by atomic mass is 16.1. The maximum Gasteiger partial charge on any atom is 0.256 e. The first-order chi connectivity index (χ1) is 13.8. The van der Waals surface area contributed by atoms with Crippen LogP contribution in [0.1, 0.15) is 15.9 Å². The maximum absolute atomic E-state index is 12.9. The molecule has 2 aromatic heterocycles. The van der Waals surface area contributed by atoms with E-state index in [1.54, 1.807) is 48.9 Å². The number of nitrogens with one attached hydrogen (secondary N) is 1. The Kier molecular flexibility index (Phi) is 4.59. The quantitative estimate of drug-likeness (QED) is 0.597. The number of nitrogens with zero attached hydrogens (tertiary/aromatic N) is 5. The standard InChI is InChI=1S/C21H14N6O/c22-11-15-5-1-2-6-17(15)18-7-3-4-8-19(18)21(28)26-16-9-10-20(24-12-16)27-14-23-13-25-27/h1-10,12-14H,(H,26,28). The summed E-state index contributed by atoms with van der Waals surface area (Å²) in [6, 6.07) is 20.1. The molecule has 0 bridgehead atoms. The number of amides is 1. The van der Waals surface area contributed by atoms with Crippen LogP contribution in [0, 0.1) is 11.3 Å². The van der Waals surface area contributed by atoms with Gasteiger partial charge in [0, 0.05) is 11.1 Å². The van der Waals surface area contributed by atoms with Gasteiger partial charge < -0.3 is 5.32 Å². The minimum absolute atomic E-state index is 0.279.